The maximum absolute atomic E-state index is 13.2. The summed E-state index contributed by atoms with van der Waals surface area (Å²) in [5, 5.41) is 10.2. The molecule has 6 nitrogen and oxygen atoms in total. The zero-order valence-electron chi connectivity index (χ0n) is 15.9. The number of aryl methyl sites for hydroxylation is 1. The Hall–Kier alpha value is -3.15. The minimum Gasteiger partial charge on any atom is -0.267 e. The number of rotatable bonds is 4. The van der Waals surface area contributed by atoms with Crippen LogP contribution in [0.4, 0.5) is 19.0 Å². The van der Waals surface area contributed by atoms with Gasteiger partial charge in [-0.3, -0.25) is 15.2 Å². The molecular weight excluding hydrogens is 371 g/mol. The topological polar surface area (TPSA) is 81.9 Å². The normalized spacial score (nSPS) is 11.6. The molecular formula is C19H20F3N5O. The van der Waals surface area contributed by atoms with Crippen LogP contribution in [0.5, 0.6) is 0 Å². The Labute approximate surface area is 161 Å². The quantitative estimate of drug-likeness (QED) is 0.800. The molecule has 0 aliphatic rings. The predicted octanol–water partition coefficient (Wildman–Crippen LogP) is 3.87. The first-order chi connectivity index (χ1) is 12.9. The molecule has 28 heavy (non-hydrogen) atoms. The number of nitrogens with one attached hydrogen (secondary N) is 1. The lowest BCUT2D eigenvalue weighted by molar-refractivity contribution is -0.141. The van der Waals surface area contributed by atoms with Crippen molar-refractivity contribution in [1.29, 1.82) is 5.26 Å². The average molecular weight is 391 g/mol. The third-order valence-corrected chi connectivity index (χ3v) is 3.53. The van der Waals surface area contributed by atoms with Gasteiger partial charge in [-0.1, -0.05) is 38.5 Å². The smallest absolute Gasteiger partial charge is 0.267 e. The van der Waals surface area contributed by atoms with Gasteiger partial charge in [0.2, 0.25) is 5.82 Å². The molecule has 0 aliphatic heterocycles. The predicted molar refractivity (Wildman–Crippen MR) is 97.2 cm³/mol. The maximum atomic E-state index is 13.2. The van der Waals surface area contributed by atoms with Crippen molar-refractivity contribution in [3.63, 3.8) is 0 Å². The number of nitrogens with zero attached hydrogens (tertiary/aromatic N) is 4. The number of halogens is 3. The van der Waals surface area contributed by atoms with E-state index < -0.39 is 29.0 Å². The van der Waals surface area contributed by atoms with E-state index in [1.54, 1.807) is 18.2 Å². The molecule has 1 N–H and O–H groups in total. The van der Waals surface area contributed by atoms with Crippen LogP contribution >= 0.6 is 0 Å². The van der Waals surface area contributed by atoms with Crippen LogP contribution in [-0.4, -0.2) is 22.4 Å². The number of alkyl halides is 3. The van der Waals surface area contributed by atoms with Gasteiger partial charge in [-0.05, 0) is 24.5 Å². The van der Waals surface area contributed by atoms with Crippen LogP contribution in [0.1, 0.15) is 48.2 Å². The lowest BCUT2D eigenvalue weighted by Crippen LogP contribution is -2.47. The summed E-state index contributed by atoms with van der Waals surface area (Å²) < 4.78 is 39.5. The number of aromatic nitrogens is 2. The Morgan fingerprint density at radius 3 is 2.43 bits per heavy atom. The number of amides is 1. The summed E-state index contributed by atoms with van der Waals surface area (Å²) >= 11 is 0. The van der Waals surface area contributed by atoms with Crippen LogP contribution < -0.4 is 10.4 Å². The van der Waals surface area contributed by atoms with E-state index in [2.05, 4.69) is 15.4 Å². The highest BCUT2D eigenvalue weighted by Gasteiger charge is 2.35. The largest absolute Gasteiger partial charge is 0.433 e. The molecule has 0 saturated carbocycles. The fourth-order valence-corrected chi connectivity index (χ4v) is 2.39. The summed E-state index contributed by atoms with van der Waals surface area (Å²) in [6, 6.07) is 9.02. The number of benzene rings is 1. The molecule has 2 aromatic rings. The number of hydrazine groups is 1. The molecule has 0 radical (unpaired) electrons. The van der Waals surface area contributed by atoms with Crippen LogP contribution in [-0.2, 0) is 6.18 Å². The van der Waals surface area contributed by atoms with E-state index >= 15 is 0 Å². The van der Waals surface area contributed by atoms with Gasteiger partial charge in [0.25, 0.3) is 5.91 Å². The van der Waals surface area contributed by atoms with Crippen molar-refractivity contribution in [3.8, 4) is 6.07 Å². The molecule has 0 bridgehead atoms. The van der Waals surface area contributed by atoms with Crippen molar-refractivity contribution in [2.24, 2.45) is 5.41 Å². The summed E-state index contributed by atoms with van der Waals surface area (Å²) in [5.41, 5.74) is 2.16. The van der Waals surface area contributed by atoms with Crippen molar-refractivity contribution in [2.75, 3.05) is 11.6 Å². The second kappa shape index (κ2) is 7.84. The molecule has 0 aliphatic carbocycles. The van der Waals surface area contributed by atoms with Gasteiger partial charge in [0.15, 0.2) is 11.5 Å². The fraction of sp³-hybridized carbons (Fsp3) is 0.368. The van der Waals surface area contributed by atoms with Gasteiger partial charge in [0.1, 0.15) is 6.07 Å². The van der Waals surface area contributed by atoms with Gasteiger partial charge in [-0.25, -0.2) is 4.98 Å². The van der Waals surface area contributed by atoms with E-state index in [4.69, 9.17) is 5.26 Å². The first kappa shape index (κ1) is 21.2. The van der Waals surface area contributed by atoms with E-state index in [1.807, 2.05) is 33.8 Å². The van der Waals surface area contributed by atoms with Gasteiger partial charge in [-0.2, -0.15) is 23.4 Å². The van der Waals surface area contributed by atoms with Gasteiger partial charge in [0, 0.05) is 18.2 Å². The first-order valence-corrected chi connectivity index (χ1v) is 8.40. The molecule has 0 spiro atoms. The molecule has 2 rings (SSSR count). The van der Waals surface area contributed by atoms with Crippen LogP contribution in [0.2, 0.25) is 0 Å². The molecule has 0 saturated heterocycles. The minimum atomic E-state index is -4.75. The summed E-state index contributed by atoms with van der Waals surface area (Å²) in [4.78, 5) is 19.7. The van der Waals surface area contributed by atoms with Crippen LogP contribution in [0.3, 0.4) is 0 Å². The number of carbonyl (C=O) groups is 1. The SMILES string of the molecule is Cc1cccc(C(=O)NN(CC(C)(C)C)c2cc(C(F)(F)F)nc(C#N)n2)c1. The molecule has 0 atom stereocenters. The van der Waals surface area contributed by atoms with E-state index in [-0.39, 0.29) is 12.4 Å². The molecule has 0 fully saturated rings. The second-order valence-electron chi connectivity index (χ2n) is 7.50. The first-order valence-electron chi connectivity index (χ1n) is 8.40. The standard InChI is InChI=1S/C19H20F3N5O/c1-12-6-5-7-13(8-12)17(28)26-27(11-18(2,3)4)16-9-14(19(20,21)22)24-15(10-23)25-16/h5-9H,11H2,1-4H3,(H,26,28). The van der Waals surface area contributed by atoms with E-state index in [9.17, 15) is 18.0 Å². The van der Waals surface area contributed by atoms with Crippen molar-refractivity contribution in [2.45, 2.75) is 33.9 Å². The van der Waals surface area contributed by atoms with Gasteiger partial charge < -0.3 is 0 Å². The fourth-order valence-electron chi connectivity index (χ4n) is 2.39. The summed E-state index contributed by atoms with van der Waals surface area (Å²) in [6.45, 7) is 7.55. The lowest BCUT2D eigenvalue weighted by atomic mass is 9.96. The minimum absolute atomic E-state index is 0.156. The molecule has 1 aromatic heterocycles. The second-order valence-corrected chi connectivity index (χ2v) is 7.50. The number of nitriles is 1. The third kappa shape index (κ3) is 5.67. The van der Waals surface area contributed by atoms with E-state index in [0.717, 1.165) is 5.56 Å². The molecule has 1 aromatic carbocycles. The molecule has 0 unspecified atom stereocenters. The Morgan fingerprint density at radius 1 is 1.21 bits per heavy atom. The maximum Gasteiger partial charge on any atom is 0.433 e. The van der Waals surface area contributed by atoms with Crippen molar-refractivity contribution < 1.29 is 18.0 Å². The van der Waals surface area contributed by atoms with Crippen molar-refractivity contribution >= 4 is 11.7 Å². The molecule has 1 amide bonds. The van der Waals surface area contributed by atoms with Crippen molar-refractivity contribution in [1.82, 2.24) is 15.4 Å². The Kier molecular flexibility index (Phi) is 5.92. The van der Waals surface area contributed by atoms with Gasteiger partial charge >= 0.3 is 6.18 Å². The molecule has 1 heterocycles. The summed E-state index contributed by atoms with van der Waals surface area (Å²) in [6.07, 6.45) is -4.75. The number of hydrogen-bond acceptors (Lipinski definition) is 5. The molecule has 9 heteroatoms. The Balaban J connectivity index is 2.46. The Morgan fingerprint density at radius 2 is 1.89 bits per heavy atom. The highest BCUT2D eigenvalue weighted by atomic mass is 19.4. The van der Waals surface area contributed by atoms with Crippen LogP contribution in [0.25, 0.3) is 0 Å². The zero-order chi connectivity index (χ0) is 21.1. The van der Waals surface area contributed by atoms with Crippen LogP contribution in [0, 0.1) is 23.7 Å². The monoisotopic (exact) mass is 391 g/mol. The van der Waals surface area contributed by atoms with Gasteiger partial charge in [0.05, 0.1) is 0 Å². The lowest BCUT2D eigenvalue weighted by Gasteiger charge is -2.31. The van der Waals surface area contributed by atoms with E-state index in [0.29, 0.717) is 11.6 Å². The number of anilines is 1. The number of carbonyl (C=O) groups excluding carboxylic acids is 1. The third-order valence-electron chi connectivity index (χ3n) is 3.53. The Bertz CT molecular complexity index is 913. The zero-order valence-corrected chi connectivity index (χ0v) is 15.9. The van der Waals surface area contributed by atoms with Gasteiger partial charge in [-0.15, -0.1) is 0 Å². The highest BCUT2D eigenvalue weighted by molar-refractivity contribution is 5.95. The summed E-state index contributed by atoms with van der Waals surface area (Å²) in [7, 11) is 0. The molecule has 148 valence electrons. The van der Waals surface area contributed by atoms with Crippen molar-refractivity contribution in [3.05, 3.63) is 53.0 Å². The van der Waals surface area contributed by atoms with E-state index in [1.165, 1.54) is 11.1 Å². The summed E-state index contributed by atoms with van der Waals surface area (Å²) in [5.74, 6) is -1.35. The number of hydrogen-bond donors (Lipinski definition) is 1. The van der Waals surface area contributed by atoms with Crippen LogP contribution in [0.15, 0.2) is 30.3 Å². The average Bonchev–Trinajstić information content (AvgIpc) is 2.58. The highest BCUT2D eigenvalue weighted by Crippen LogP contribution is 2.30.